The molecule has 3 nitrogen and oxygen atoms in total. The molecule has 20 heavy (non-hydrogen) atoms. The monoisotopic (exact) mass is 274 g/mol. The van der Waals surface area contributed by atoms with Crippen LogP contribution in [0.25, 0.3) is 22.4 Å². The zero-order valence-corrected chi connectivity index (χ0v) is 10.8. The minimum atomic E-state index is -0.479. The highest BCUT2D eigenvalue weighted by molar-refractivity contribution is 5.82. The number of fused-ring (bicyclic) bond motifs is 1. The number of phenolic OH excluding ortho intramolecular Hbond substituents is 1. The lowest BCUT2D eigenvalue weighted by atomic mass is 10.2. The highest BCUT2D eigenvalue weighted by atomic mass is 19.1. The maximum atomic E-state index is 13.8. The lowest BCUT2D eigenvalue weighted by Crippen LogP contribution is -1.98. The van der Waals surface area contributed by atoms with Gasteiger partial charge < -0.3 is 9.67 Å². The summed E-state index contributed by atoms with van der Waals surface area (Å²) in [6.07, 6.45) is 0. The molecule has 2 aromatic carbocycles. The van der Waals surface area contributed by atoms with Gasteiger partial charge in [0.05, 0.1) is 11.1 Å². The van der Waals surface area contributed by atoms with Gasteiger partial charge in [0.1, 0.15) is 22.9 Å². The van der Waals surface area contributed by atoms with E-state index in [2.05, 4.69) is 4.98 Å². The van der Waals surface area contributed by atoms with Crippen LogP contribution < -0.4 is 0 Å². The Labute approximate surface area is 114 Å². The minimum absolute atomic E-state index is 0.0863. The van der Waals surface area contributed by atoms with E-state index < -0.39 is 11.6 Å². The van der Waals surface area contributed by atoms with Gasteiger partial charge in [-0.3, -0.25) is 0 Å². The second-order valence-corrected chi connectivity index (χ2v) is 4.45. The van der Waals surface area contributed by atoms with Crippen molar-refractivity contribution in [1.82, 2.24) is 9.55 Å². The first-order valence-electron chi connectivity index (χ1n) is 6.25. The van der Waals surface area contributed by atoms with Crippen molar-refractivity contribution < 1.29 is 13.9 Å². The van der Waals surface area contributed by atoms with Crippen molar-refractivity contribution in [3.8, 4) is 17.1 Å². The van der Waals surface area contributed by atoms with Crippen LogP contribution in [-0.4, -0.2) is 14.7 Å². The fourth-order valence-corrected chi connectivity index (χ4v) is 2.33. The molecule has 0 fully saturated rings. The quantitative estimate of drug-likeness (QED) is 0.773. The molecule has 0 atom stereocenters. The standard InChI is InChI=1S/C15H12F2N2O/c1-2-19-12-5-3-4-11(17)14(12)18-15(19)10-8-9(16)6-7-13(10)20/h3-8,20H,2H2,1H3. The fraction of sp³-hybridized carbons (Fsp3) is 0.133. The van der Waals surface area contributed by atoms with Crippen molar-refractivity contribution in [3.63, 3.8) is 0 Å². The maximum absolute atomic E-state index is 13.8. The second-order valence-electron chi connectivity index (χ2n) is 4.45. The Morgan fingerprint density at radius 1 is 1.20 bits per heavy atom. The van der Waals surface area contributed by atoms with Crippen molar-refractivity contribution in [3.05, 3.63) is 48.0 Å². The molecule has 0 amide bonds. The smallest absolute Gasteiger partial charge is 0.151 e. The summed E-state index contributed by atoms with van der Waals surface area (Å²) >= 11 is 0. The normalized spacial score (nSPS) is 11.2. The average Bonchev–Trinajstić information content (AvgIpc) is 2.81. The molecule has 3 rings (SSSR count). The molecule has 0 aliphatic heterocycles. The topological polar surface area (TPSA) is 38.0 Å². The number of nitrogens with zero attached hydrogens (tertiary/aromatic N) is 2. The molecule has 0 unspecified atom stereocenters. The summed E-state index contributed by atoms with van der Waals surface area (Å²) in [6.45, 7) is 2.41. The van der Waals surface area contributed by atoms with Crippen LogP contribution in [0.4, 0.5) is 8.78 Å². The highest BCUT2D eigenvalue weighted by Gasteiger charge is 2.17. The number of aromatic hydroxyl groups is 1. The molecule has 0 aliphatic rings. The van der Waals surface area contributed by atoms with Crippen molar-refractivity contribution in [2.75, 3.05) is 0 Å². The summed E-state index contributed by atoms with van der Waals surface area (Å²) in [5.41, 5.74) is 1.08. The molecule has 3 aromatic rings. The van der Waals surface area contributed by atoms with E-state index in [9.17, 15) is 13.9 Å². The van der Waals surface area contributed by atoms with E-state index in [0.29, 0.717) is 17.9 Å². The zero-order chi connectivity index (χ0) is 14.3. The first-order valence-corrected chi connectivity index (χ1v) is 6.25. The summed E-state index contributed by atoms with van der Waals surface area (Å²) in [7, 11) is 0. The molecule has 0 bridgehead atoms. The fourth-order valence-electron chi connectivity index (χ4n) is 2.33. The molecule has 0 saturated carbocycles. The van der Waals surface area contributed by atoms with Crippen LogP contribution in [0, 0.1) is 11.6 Å². The lowest BCUT2D eigenvalue weighted by Gasteiger charge is -2.07. The van der Waals surface area contributed by atoms with Crippen LogP contribution in [0.1, 0.15) is 6.92 Å². The van der Waals surface area contributed by atoms with Gasteiger partial charge in [0, 0.05) is 6.54 Å². The largest absolute Gasteiger partial charge is 0.507 e. The van der Waals surface area contributed by atoms with Crippen LogP contribution >= 0.6 is 0 Å². The molecule has 1 aromatic heterocycles. The molecule has 0 spiro atoms. The Bertz CT molecular complexity index is 796. The average molecular weight is 274 g/mol. The molecule has 0 aliphatic carbocycles. The summed E-state index contributed by atoms with van der Waals surface area (Å²) in [5, 5.41) is 9.89. The Kier molecular flexibility index (Phi) is 2.89. The molecular formula is C15H12F2N2O. The van der Waals surface area contributed by atoms with Crippen LogP contribution in [0.5, 0.6) is 5.75 Å². The summed E-state index contributed by atoms with van der Waals surface area (Å²) in [5.74, 6) is -0.652. The Balaban J connectivity index is 2.36. The molecule has 0 saturated heterocycles. The number of hydrogen-bond acceptors (Lipinski definition) is 2. The van der Waals surface area contributed by atoms with E-state index in [-0.39, 0.29) is 16.8 Å². The molecule has 1 N–H and O–H groups in total. The minimum Gasteiger partial charge on any atom is -0.507 e. The maximum Gasteiger partial charge on any atom is 0.151 e. The Morgan fingerprint density at radius 2 is 2.00 bits per heavy atom. The SMILES string of the molecule is CCn1c(-c2cc(F)ccc2O)nc2c(F)cccc21. The first-order chi connectivity index (χ1) is 9.61. The predicted octanol–water partition coefficient (Wildman–Crippen LogP) is 3.71. The summed E-state index contributed by atoms with van der Waals surface area (Å²) in [6, 6.07) is 8.29. The van der Waals surface area contributed by atoms with Crippen LogP contribution in [-0.2, 0) is 6.54 Å². The van der Waals surface area contributed by atoms with E-state index >= 15 is 0 Å². The van der Waals surface area contributed by atoms with Gasteiger partial charge >= 0.3 is 0 Å². The van der Waals surface area contributed by atoms with Gasteiger partial charge in [-0.05, 0) is 37.3 Å². The van der Waals surface area contributed by atoms with Crippen molar-refractivity contribution in [2.45, 2.75) is 13.5 Å². The van der Waals surface area contributed by atoms with Crippen LogP contribution in [0.2, 0.25) is 0 Å². The van der Waals surface area contributed by atoms with Gasteiger partial charge in [-0.1, -0.05) is 6.07 Å². The first kappa shape index (κ1) is 12.6. The molecule has 102 valence electrons. The van der Waals surface area contributed by atoms with Crippen molar-refractivity contribution >= 4 is 11.0 Å². The number of halogens is 2. The van der Waals surface area contributed by atoms with E-state index in [1.54, 1.807) is 16.7 Å². The molecule has 5 heteroatoms. The van der Waals surface area contributed by atoms with Crippen molar-refractivity contribution in [1.29, 1.82) is 0 Å². The third-order valence-electron chi connectivity index (χ3n) is 3.25. The highest BCUT2D eigenvalue weighted by Crippen LogP contribution is 2.32. The Hall–Kier alpha value is -2.43. The van der Waals surface area contributed by atoms with Gasteiger partial charge in [0.25, 0.3) is 0 Å². The van der Waals surface area contributed by atoms with Gasteiger partial charge in [-0.25, -0.2) is 13.8 Å². The van der Waals surface area contributed by atoms with Crippen LogP contribution in [0.15, 0.2) is 36.4 Å². The number of aromatic nitrogens is 2. The third kappa shape index (κ3) is 1.82. The summed E-state index contributed by atoms with van der Waals surface area (Å²) in [4.78, 5) is 4.22. The van der Waals surface area contributed by atoms with Gasteiger partial charge in [0.2, 0.25) is 0 Å². The number of para-hydroxylation sites is 1. The Morgan fingerprint density at radius 3 is 2.75 bits per heavy atom. The molecule has 1 heterocycles. The van der Waals surface area contributed by atoms with E-state index in [4.69, 9.17) is 0 Å². The number of rotatable bonds is 2. The number of imidazole rings is 1. The number of aryl methyl sites for hydroxylation is 1. The second kappa shape index (κ2) is 4.59. The number of phenols is 1. The zero-order valence-electron chi connectivity index (χ0n) is 10.8. The van der Waals surface area contributed by atoms with Gasteiger partial charge in [0.15, 0.2) is 5.82 Å². The van der Waals surface area contributed by atoms with Crippen molar-refractivity contribution in [2.24, 2.45) is 0 Å². The number of benzene rings is 2. The van der Waals surface area contributed by atoms with Crippen LogP contribution in [0.3, 0.4) is 0 Å². The van der Waals surface area contributed by atoms with E-state index in [1.165, 1.54) is 24.3 Å². The van der Waals surface area contributed by atoms with E-state index in [1.807, 2.05) is 6.92 Å². The predicted molar refractivity (Wildman–Crippen MR) is 72.4 cm³/mol. The van der Waals surface area contributed by atoms with E-state index in [0.717, 1.165) is 0 Å². The van der Waals surface area contributed by atoms with Gasteiger partial charge in [-0.15, -0.1) is 0 Å². The molecular weight excluding hydrogens is 262 g/mol. The lowest BCUT2D eigenvalue weighted by molar-refractivity contribution is 0.474. The third-order valence-corrected chi connectivity index (χ3v) is 3.25. The number of hydrogen-bond donors (Lipinski definition) is 1. The molecule has 0 radical (unpaired) electrons. The van der Waals surface area contributed by atoms with Gasteiger partial charge in [-0.2, -0.15) is 0 Å². The summed E-state index contributed by atoms with van der Waals surface area (Å²) < 4.78 is 28.9.